The Balaban J connectivity index is 2.19. The van der Waals surface area contributed by atoms with E-state index in [0.29, 0.717) is 12.1 Å². The molecule has 0 fully saturated rings. The molecule has 1 aromatic heterocycles. The summed E-state index contributed by atoms with van der Waals surface area (Å²) in [5.41, 5.74) is 2.42. The second-order valence-electron chi connectivity index (χ2n) is 5.79. The maximum absolute atomic E-state index is 4.64. The quantitative estimate of drug-likeness (QED) is 0.825. The van der Waals surface area contributed by atoms with E-state index in [1.54, 1.807) is 0 Å². The SMILES string of the molecule is CC(C)N(c1ccc(C2=NCCCC2)cn1)C(C)C. The molecule has 2 heterocycles. The van der Waals surface area contributed by atoms with Gasteiger partial charge in [0.2, 0.25) is 0 Å². The molecule has 1 aromatic rings. The van der Waals surface area contributed by atoms with Gasteiger partial charge in [-0.1, -0.05) is 0 Å². The van der Waals surface area contributed by atoms with Crippen LogP contribution in [0, 0.1) is 0 Å². The van der Waals surface area contributed by atoms with Gasteiger partial charge in [0.05, 0.1) is 0 Å². The molecule has 0 radical (unpaired) electrons. The minimum Gasteiger partial charge on any atom is -0.352 e. The summed E-state index contributed by atoms with van der Waals surface area (Å²) < 4.78 is 0. The maximum Gasteiger partial charge on any atom is 0.128 e. The molecule has 0 aliphatic carbocycles. The Bertz CT molecular complexity index is 424. The van der Waals surface area contributed by atoms with Crippen molar-refractivity contribution in [2.45, 2.75) is 59.0 Å². The summed E-state index contributed by atoms with van der Waals surface area (Å²) in [6.07, 6.45) is 5.56. The van der Waals surface area contributed by atoms with Crippen LogP contribution < -0.4 is 4.90 Å². The number of anilines is 1. The highest BCUT2D eigenvalue weighted by Gasteiger charge is 2.16. The van der Waals surface area contributed by atoms with Gasteiger partial charge in [-0.25, -0.2) is 4.98 Å². The lowest BCUT2D eigenvalue weighted by atomic mass is 10.0. The second-order valence-corrected chi connectivity index (χ2v) is 5.79. The van der Waals surface area contributed by atoms with Gasteiger partial charge in [-0.3, -0.25) is 4.99 Å². The highest BCUT2D eigenvalue weighted by Crippen LogP contribution is 2.19. The van der Waals surface area contributed by atoms with Crippen LogP contribution in [-0.2, 0) is 0 Å². The van der Waals surface area contributed by atoms with Gasteiger partial charge in [-0.15, -0.1) is 0 Å². The maximum atomic E-state index is 4.64. The van der Waals surface area contributed by atoms with Crippen molar-refractivity contribution in [1.29, 1.82) is 0 Å². The van der Waals surface area contributed by atoms with E-state index in [4.69, 9.17) is 0 Å². The zero-order valence-corrected chi connectivity index (χ0v) is 12.6. The fourth-order valence-corrected chi connectivity index (χ4v) is 2.77. The average molecular weight is 259 g/mol. The van der Waals surface area contributed by atoms with Crippen LogP contribution in [0.1, 0.15) is 52.5 Å². The van der Waals surface area contributed by atoms with Crippen LogP contribution in [0.15, 0.2) is 23.3 Å². The molecule has 3 heteroatoms. The third-order valence-electron chi connectivity index (χ3n) is 3.58. The van der Waals surface area contributed by atoms with Gasteiger partial charge >= 0.3 is 0 Å². The van der Waals surface area contributed by atoms with Crippen molar-refractivity contribution < 1.29 is 0 Å². The molecule has 0 saturated heterocycles. The number of nitrogens with zero attached hydrogens (tertiary/aromatic N) is 3. The fourth-order valence-electron chi connectivity index (χ4n) is 2.77. The summed E-state index contributed by atoms with van der Waals surface area (Å²) in [6.45, 7) is 9.81. The third-order valence-corrected chi connectivity index (χ3v) is 3.58. The molecule has 1 aliphatic rings. The largest absolute Gasteiger partial charge is 0.352 e. The van der Waals surface area contributed by atoms with Crippen LogP contribution in [0.2, 0.25) is 0 Å². The molecule has 0 N–H and O–H groups in total. The first-order valence-corrected chi connectivity index (χ1v) is 7.37. The molecule has 1 aliphatic heterocycles. The Hall–Kier alpha value is -1.38. The molecule has 104 valence electrons. The van der Waals surface area contributed by atoms with E-state index in [9.17, 15) is 0 Å². The minimum atomic E-state index is 0.463. The van der Waals surface area contributed by atoms with E-state index in [-0.39, 0.29) is 0 Å². The normalized spacial score (nSPS) is 15.8. The van der Waals surface area contributed by atoms with Crippen molar-refractivity contribution in [1.82, 2.24) is 4.98 Å². The highest BCUT2D eigenvalue weighted by molar-refractivity contribution is 6.00. The van der Waals surface area contributed by atoms with E-state index in [1.165, 1.54) is 24.1 Å². The Morgan fingerprint density at radius 2 is 1.79 bits per heavy atom. The zero-order chi connectivity index (χ0) is 13.8. The number of pyridine rings is 1. The molecular weight excluding hydrogens is 234 g/mol. The van der Waals surface area contributed by atoms with Crippen molar-refractivity contribution >= 4 is 11.5 Å². The predicted octanol–water partition coefficient (Wildman–Crippen LogP) is 3.68. The van der Waals surface area contributed by atoms with Gasteiger partial charge in [0.1, 0.15) is 5.82 Å². The monoisotopic (exact) mass is 259 g/mol. The van der Waals surface area contributed by atoms with E-state index < -0.39 is 0 Å². The number of rotatable bonds is 4. The minimum absolute atomic E-state index is 0.463. The summed E-state index contributed by atoms with van der Waals surface area (Å²) in [5, 5.41) is 0. The molecule has 0 saturated carbocycles. The van der Waals surface area contributed by atoms with Crippen LogP contribution in [0.3, 0.4) is 0 Å². The van der Waals surface area contributed by atoms with Crippen LogP contribution in [0.25, 0.3) is 0 Å². The van der Waals surface area contributed by atoms with Crippen LogP contribution >= 0.6 is 0 Å². The molecule has 0 amide bonds. The topological polar surface area (TPSA) is 28.5 Å². The van der Waals surface area contributed by atoms with Crippen LogP contribution in [-0.4, -0.2) is 29.3 Å². The average Bonchev–Trinajstić information content (AvgIpc) is 2.40. The fraction of sp³-hybridized carbons (Fsp3) is 0.625. The van der Waals surface area contributed by atoms with Crippen molar-refractivity contribution in [3.63, 3.8) is 0 Å². The van der Waals surface area contributed by atoms with Crippen LogP contribution in [0.4, 0.5) is 5.82 Å². The predicted molar refractivity (Wildman–Crippen MR) is 82.2 cm³/mol. The molecule has 19 heavy (non-hydrogen) atoms. The summed E-state index contributed by atoms with van der Waals surface area (Å²) in [6, 6.07) is 5.23. The van der Waals surface area contributed by atoms with Gasteiger partial charge in [0.25, 0.3) is 0 Å². The summed E-state index contributed by atoms with van der Waals surface area (Å²) in [7, 11) is 0. The van der Waals surface area contributed by atoms with Gasteiger partial charge in [-0.2, -0.15) is 0 Å². The molecule has 0 unspecified atom stereocenters. The second kappa shape index (κ2) is 6.18. The summed E-state index contributed by atoms with van der Waals surface area (Å²) in [4.78, 5) is 11.6. The Labute approximate surface area is 116 Å². The molecule has 2 rings (SSSR count). The first-order valence-electron chi connectivity index (χ1n) is 7.37. The first-order chi connectivity index (χ1) is 9.09. The molecule has 0 bridgehead atoms. The Morgan fingerprint density at radius 1 is 1.05 bits per heavy atom. The van der Waals surface area contributed by atoms with Gasteiger partial charge in [-0.05, 0) is 59.1 Å². The lowest BCUT2D eigenvalue weighted by Gasteiger charge is -2.32. The first kappa shape index (κ1) is 14.0. The Morgan fingerprint density at radius 3 is 2.26 bits per heavy atom. The standard InChI is InChI=1S/C16H25N3/c1-12(2)19(13(3)4)16-9-8-14(11-18-16)15-7-5-6-10-17-15/h8-9,11-13H,5-7,10H2,1-4H3. The summed E-state index contributed by atoms with van der Waals surface area (Å²) in [5.74, 6) is 1.06. The van der Waals surface area contributed by atoms with Gasteiger partial charge in [0.15, 0.2) is 0 Å². The molecule has 0 atom stereocenters. The third kappa shape index (κ3) is 3.34. The van der Waals surface area contributed by atoms with Gasteiger partial charge < -0.3 is 4.90 Å². The van der Waals surface area contributed by atoms with E-state index in [2.05, 4.69) is 54.7 Å². The lowest BCUT2D eigenvalue weighted by Crippen LogP contribution is -2.37. The number of aliphatic imine (C=N–C) groups is 1. The number of aromatic nitrogens is 1. The van der Waals surface area contributed by atoms with E-state index in [0.717, 1.165) is 18.8 Å². The molecule has 0 aromatic carbocycles. The van der Waals surface area contributed by atoms with Crippen molar-refractivity contribution in [3.8, 4) is 0 Å². The highest BCUT2D eigenvalue weighted by atomic mass is 15.2. The summed E-state index contributed by atoms with van der Waals surface area (Å²) >= 11 is 0. The zero-order valence-electron chi connectivity index (χ0n) is 12.6. The lowest BCUT2D eigenvalue weighted by molar-refractivity contribution is 0.600. The van der Waals surface area contributed by atoms with Gasteiger partial charge in [0, 0.05) is 36.1 Å². The number of hydrogen-bond acceptors (Lipinski definition) is 3. The van der Waals surface area contributed by atoms with Crippen molar-refractivity contribution in [3.05, 3.63) is 23.9 Å². The van der Waals surface area contributed by atoms with Crippen LogP contribution in [0.5, 0.6) is 0 Å². The van der Waals surface area contributed by atoms with E-state index in [1.807, 2.05) is 6.20 Å². The smallest absolute Gasteiger partial charge is 0.128 e. The van der Waals surface area contributed by atoms with E-state index >= 15 is 0 Å². The molecular formula is C16H25N3. The Kier molecular flexibility index (Phi) is 4.56. The molecule has 3 nitrogen and oxygen atoms in total. The van der Waals surface area contributed by atoms with Crippen molar-refractivity contribution in [2.24, 2.45) is 4.99 Å². The molecule has 0 spiro atoms. The van der Waals surface area contributed by atoms with Crippen molar-refractivity contribution in [2.75, 3.05) is 11.4 Å². The number of hydrogen-bond donors (Lipinski definition) is 0.